The highest BCUT2D eigenvalue weighted by Gasteiger charge is 2.10. The fourth-order valence-corrected chi connectivity index (χ4v) is 2.17. The summed E-state index contributed by atoms with van der Waals surface area (Å²) in [5, 5.41) is 3.39. The highest BCUT2D eigenvalue weighted by Crippen LogP contribution is 2.19. The van der Waals surface area contributed by atoms with Crippen molar-refractivity contribution in [3.8, 4) is 0 Å². The summed E-state index contributed by atoms with van der Waals surface area (Å²) in [6, 6.07) is 13.3. The molecule has 2 aromatic rings. The van der Waals surface area contributed by atoms with Gasteiger partial charge in [-0.25, -0.2) is 0 Å². The first-order valence-electron chi connectivity index (χ1n) is 6.48. The van der Waals surface area contributed by atoms with Gasteiger partial charge in [-0.2, -0.15) is 0 Å². The molecule has 0 amide bonds. The van der Waals surface area contributed by atoms with Crippen LogP contribution < -0.4 is 5.32 Å². The van der Waals surface area contributed by atoms with Crippen molar-refractivity contribution < 1.29 is 0 Å². The van der Waals surface area contributed by atoms with Crippen LogP contribution in [0.15, 0.2) is 48.8 Å². The third-order valence-corrected chi connectivity index (χ3v) is 3.27. The van der Waals surface area contributed by atoms with E-state index in [9.17, 15) is 0 Å². The van der Waals surface area contributed by atoms with Gasteiger partial charge in [0.1, 0.15) is 0 Å². The lowest BCUT2D eigenvalue weighted by molar-refractivity contribution is 0.590. The number of aryl methyl sites for hydroxylation is 1. The van der Waals surface area contributed by atoms with Crippen LogP contribution in [0.5, 0.6) is 0 Å². The molecule has 0 saturated heterocycles. The molecular weight excluding hydrogens is 220 g/mol. The summed E-state index contributed by atoms with van der Waals surface area (Å²) in [6.07, 6.45) is 5.80. The van der Waals surface area contributed by atoms with Crippen molar-refractivity contribution >= 4 is 0 Å². The van der Waals surface area contributed by atoms with Crippen LogP contribution in [0.4, 0.5) is 0 Å². The third kappa shape index (κ3) is 3.17. The Hall–Kier alpha value is -1.67. The van der Waals surface area contributed by atoms with E-state index >= 15 is 0 Å². The predicted octanol–water partition coefficient (Wildman–Crippen LogP) is 3.15. The van der Waals surface area contributed by atoms with Gasteiger partial charge in [0, 0.05) is 18.4 Å². The second kappa shape index (κ2) is 6.31. The van der Waals surface area contributed by atoms with Gasteiger partial charge >= 0.3 is 0 Å². The number of hydrogen-bond donors (Lipinski definition) is 1. The standard InChI is InChI=1S/C16H20N2/c1-3-13-6-4-8-15(10-13)16(17-2)11-14-7-5-9-18-12-14/h4-10,12,16-17H,3,11H2,1-2H3. The fraction of sp³-hybridized carbons (Fsp3) is 0.312. The van der Waals surface area contributed by atoms with Crippen LogP contribution >= 0.6 is 0 Å². The summed E-state index contributed by atoms with van der Waals surface area (Å²) in [4.78, 5) is 4.17. The molecule has 1 aromatic heterocycles. The van der Waals surface area contributed by atoms with Crippen molar-refractivity contribution in [1.29, 1.82) is 0 Å². The Bertz CT molecular complexity index is 479. The molecule has 94 valence electrons. The predicted molar refractivity (Wildman–Crippen MR) is 75.6 cm³/mol. The van der Waals surface area contributed by atoms with Crippen molar-refractivity contribution in [1.82, 2.24) is 10.3 Å². The van der Waals surface area contributed by atoms with Gasteiger partial charge in [-0.05, 0) is 42.6 Å². The van der Waals surface area contributed by atoms with Gasteiger partial charge in [-0.1, -0.05) is 37.3 Å². The first-order chi connectivity index (χ1) is 8.83. The summed E-state index contributed by atoms with van der Waals surface area (Å²) in [5.74, 6) is 0. The van der Waals surface area contributed by atoms with E-state index < -0.39 is 0 Å². The number of nitrogens with one attached hydrogen (secondary N) is 1. The van der Waals surface area contributed by atoms with Gasteiger partial charge in [0.2, 0.25) is 0 Å². The van der Waals surface area contributed by atoms with Crippen LogP contribution in [0.2, 0.25) is 0 Å². The molecule has 0 spiro atoms. The number of hydrogen-bond acceptors (Lipinski definition) is 2. The van der Waals surface area contributed by atoms with Crippen LogP contribution in [-0.4, -0.2) is 12.0 Å². The second-order valence-electron chi connectivity index (χ2n) is 4.51. The second-order valence-corrected chi connectivity index (χ2v) is 4.51. The smallest absolute Gasteiger partial charge is 0.0359 e. The van der Waals surface area contributed by atoms with Crippen molar-refractivity contribution in [2.24, 2.45) is 0 Å². The lowest BCUT2D eigenvalue weighted by Crippen LogP contribution is -2.19. The molecular formula is C16H20N2. The molecule has 1 aromatic carbocycles. The summed E-state index contributed by atoms with van der Waals surface area (Å²) < 4.78 is 0. The fourth-order valence-electron chi connectivity index (χ4n) is 2.17. The Balaban J connectivity index is 2.17. The number of aromatic nitrogens is 1. The highest BCUT2D eigenvalue weighted by atomic mass is 14.9. The quantitative estimate of drug-likeness (QED) is 0.868. The summed E-state index contributed by atoms with van der Waals surface area (Å²) in [6.45, 7) is 2.19. The lowest BCUT2D eigenvalue weighted by Gasteiger charge is -2.17. The zero-order valence-electron chi connectivity index (χ0n) is 11.1. The monoisotopic (exact) mass is 240 g/mol. The number of nitrogens with zero attached hydrogens (tertiary/aromatic N) is 1. The molecule has 18 heavy (non-hydrogen) atoms. The van der Waals surface area contributed by atoms with Crippen LogP contribution in [0.3, 0.4) is 0 Å². The van der Waals surface area contributed by atoms with E-state index in [0.717, 1.165) is 12.8 Å². The van der Waals surface area contributed by atoms with Gasteiger partial charge in [-0.15, -0.1) is 0 Å². The first kappa shape index (κ1) is 12.8. The molecule has 2 rings (SSSR count). The molecule has 1 heterocycles. The molecule has 0 fully saturated rings. The van der Waals surface area contributed by atoms with E-state index in [0.29, 0.717) is 6.04 Å². The molecule has 1 unspecified atom stereocenters. The molecule has 1 atom stereocenters. The molecule has 0 aliphatic carbocycles. The zero-order chi connectivity index (χ0) is 12.8. The van der Waals surface area contributed by atoms with Crippen molar-refractivity contribution in [2.45, 2.75) is 25.8 Å². The van der Waals surface area contributed by atoms with E-state index in [4.69, 9.17) is 0 Å². The third-order valence-electron chi connectivity index (χ3n) is 3.27. The number of likely N-dealkylation sites (N-methyl/N-ethyl adjacent to an activating group) is 1. The van der Waals surface area contributed by atoms with Crippen molar-refractivity contribution in [3.05, 3.63) is 65.5 Å². The average molecular weight is 240 g/mol. The number of benzene rings is 1. The van der Waals surface area contributed by atoms with E-state index in [1.807, 2.05) is 25.5 Å². The van der Waals surface area contributed by atoms with Crippen LogP contribution in [0.1, 0.15) is 29.7 Å². The Morgan fingerprint density at radius 1 is 1.17 bits per heavy atom. The molecule has 0 saturated carbocycles. The van der Waals surface area contributed by atoms with Crippen molar-refractivity contribution in [2.75, 3.05) is 7.05 Å². The Morgan fingerprint density at radius 2 is 2.00 bits per heavy atom. The molecule has 0 aliphatic heterocycles. The largest absolute Gasteiger partial charge is 0.313 e. The van der Waals surface area contributed by atoms with Gasteiger partial charge in [-0.3, -0.25) is 4.98 Å². The molecule has 2 heteroatoms. The summed E-state index contributed by atoms with van der Waals surface area (Å²) in [5.41, 5.74) is 4.00. The average Bonchev–Trinajstić information content (AvgIpc) is 2.46. The lowest BCUT2D eigenvalue weighted by atomic mass is 9.98. The van der Waals surface area contributed by atoms with Gasteiger partial charge < -0.3 is 5.32 Å². The molecule has 0 radical (unpaired) electrons. The van der Waals surface area contributed by atoms with Gasteiger partial charge in [0.15, 0.2) is 0 Å². The first-order valence-corrected chi connectivity index (χ1v) is 6.48. The summed E-state index contributed by atoms with van der Waals surface area (Å²) in [7, 11) is 2.01. The Morgan fingerprint density at radius 3 is 2.67 bits per heavy atom. The zero-order valence-corrected chi connectivity index (χ0v) is 11.1. The number of rotatable bonds is 5. The molecule has 1 N–H and O–H groups in total. The van der Waals surface area contributed by atoms with Gasteiger partial charge in [0.05, 0.1) is 0 Å². The van der Waals surface area contributed by atoms with Gasteiger partial charge in [0.25, 0.3) is 0 Å². The maximum atomic E-state index is 4.17. The van der Waals surface area contributed by atoms with Crippen LogP contribution in [0.25, 0.3) is 0 Å². The minimum atomic E-state index is 0.348. The van der Waals surface area contributed by atoms with E-state index in [-0.39, 0.29) is 0 Å². The maximum absolute atomic E-state index is 4.17. The Kier molecular flexibility index (Phi) is 4.48. The minimum absolute atomic E-state index is 0.348. The summed E-state index contributed by atoms with van der Waals surface area (Å²) >= 11 is 0. The molecule has 0 bridgehead atoms. The van der Waals surface area contributed by atoms with E-state index in [2.05, 4.69) is 47.6 Å². The normalized spacial score (nSPS) is 12.3. The highest BCUT2D eigenvalue weighted by molar-refractivity contribution is 5.27. The minimum Gasteiger partial charge on any atom is -0.313 e. The maximum Gasteiger partial charge on any atom is 0.0359 e. The molecule has 2 nitrogen and oxygen atoms in total. The van der Waals surface area contributed by atoms with Crippen molar-refractivity contribution in [3.63, 3.8) is 0 Å². The van der Waals surface area contributed by atoms with E-state index in [1.54, 1.807) is 0 Å². The Labute approximate surface area is 109 Å². The van der Waals surface area contributed by atoms with E-state index in [1.165, 1.54) is 16.7 Å². The van der Waals surface area contributed by atoms with Crippen LogP contribution in [0, 0.1) is 0 Å². The topological polar surface area (TPSA) is 24.9 Å². The molecule has 0 aliphatic rings. The SMILES string of the molecule is CCc1cccc(C(Cc2cccnc2)NC)c1. The number of pyridine rings is 1. The van der Waals surface area contributed by atoms with Crippen LogP contribution in [-0.2, 0) is 12.8 Å².